The number of rotatable bonds is 5. The molecule has 0 fully saturated rings. The summed E-state index contributed by atoms with van der Waals surface area (Å²) in [7, 11) is -2.97. The molecule has 0 saturated carbocycles. The summed E-state index contributed by atoms with van der Waals surface area (Å²) >= 11 is 0. The molecular formula is C45H34NOP. The third-order valence-corrected chi connectivity index (χ3v) is 13.1. The van der Waals surface area contributed by atoms with Crippen LogP contribution in [0.1, 0.15) is 41.1 Å². The van der Waals surface area contributed by atoms with Crippen molar-refractivity contribution >= 4 is 45.9 Å². The number of hydrogen-bond acceptors (Lipinski definition) is 2. The molecule has 3 aliphatic rings. The van der Waals surface area contributed by atoms with E-state index in [0.29, 0.717) is 0 Å². The number of allylic oxidation sites excluding steroid dienone is 4. The van der Waals surface area contributed by atoms with Crippen molar-refractivity contribution in [3.63, 3.8) is 0 Å². The highest BCUT2D eigenvalue weighted by Crippen LogP contribution is 2.54. The SMILES string of the molecule is O=P(C1=CCCC=C1)(c1ccccc1)c1ccc(-c2ccc(C3=C4C=Cc5ccccc5C4Nc4c3ccc3ccccc43)cc2)cc1. The molecule has 2 atom stereocenters. The molecule has 48 heavy (non-hydrogen) atoms. The molecule has 0 amide bonds. The van der Waals surface area contributed by atoms with Crippen molar-refractivity contribution in [2.75, 3.05) is 5.32 Å². The Balaban J connectivity index is 1.11. The molecule has 1 aliphatic heterocycles. The van der Waals surface area contributed by atoms with Gasteiger partial charge in [-0.2, -0.15) is 0 Å². The van der Waals surface area contributed by atoms with E-state index in [4.69, 9.17) is 0 Å². The first-order valence-corrected chi connectivity index (χ1v) is 18.4. The van der Waals surface area contributed by atoms with Crippen LogP contribution >= 0.6 is 7.14 Å². The Morgan fingerprint density at radius 2 is 1.27 bits per heavy atom. The summed E-state index contributed by atoms with van der Waals surface area (Å²) in [5.74, 6) is 0. The van der Waals surface area contributed by atoms with E-state index >= 15 is 0 Å². The Hall–Kier alpha value is -5.43. The van der Waals surface area contributed by atoms with E-state index < -0.39 is 7.14 Å². The van der Waals surface area contributed by atoms with E-state index in [2.05, 4.69) is 145 Å². The van der Waals surface area contributed by atoms with Gasteiger partial charge in [0.15, 0.2) is 7.14 Å². The van der Waals surface area contributed by atoms with Gasteiger partial charge in [-0.25, -0.2) is 0 Å². The lowest BCUT2D eigenvalue weighted by Gasteiger charge is -2.35. The number of nitrogens with one attached hydrogen (secondary N) is 1. The highest BCUT2D eigenvalue weighted by molar-refractivity contribution is 7.82. The minimum absolute atomic E-state index is 0.0705. The topological polar surface area (TPSA) is 29.1 Å². The Bertz CT molecular complexity index is 2380. The van der Waals surface area contributed by atoms with E-state index in [-0.39, 0.29) is 6.04 Å². The lowest BCUT2D eigenvalue weighted by molar-refractivity contribution is 0.591. The maximum atomic E-state index is 14.9. The van der Waals surface area contributed by atoms with Crippen molar-refractivity contribution in [3.8, 4) is 11.1 Å². The molecule has 6 aromatic rings. The van der Waals surface area contributed by atoms with Gasteiger partial charge in [0.05, 0.1) is 11.7 Å². The van der Waals surface area contributed by atoms with Crippen LogP contribution in [0.3, 0.4) is 0 Å². The van der Waals surface area contributed by atoms with Crippen LogP contribution in [0.15, 0.2) is 175 Å². The van der Waals surface area contributed by atoms with E-state index in [9.17, 15) is 4.57 Å². The summed E-state index contributed by atoms with van der Waals surface area (Å²) < 4.78 is 14.9. The molecule has 3 heteroatoms. The Morgan fingerprint density at radius 1 is 0.583 bits per heavy atom. The Kier molecular flexibility index (Phi) is 6.99. The predicted molar refractivity (Wildman–Crippen MR) is 203 cm³/mol. The van der Waals surface area contributed by atoms with Crippen LogP contribution in [0, 0.1) is 0 Å². The zero-order valence-corrected chi connectivity index (χ0v) is 27.4. The first-order chi connectivity index (χ1) is 23.7. The summed E-state index contributed by atoms with van der Waals surface area (Å²) in [6.07, 6.45) is 12.8. The van der Waals surface area contributed by atoms with Gasteiger partial charge in [0.1, 0.15) is 0 Å². The fraction of sp³-hybridized carbons (Fsp3) is 0.0667. The van der Waals surface area contributed by atoms with E-state index in [1.54, 1.807) is 0 Å². The maximum Gasteiger partial charge on any atom is 0.170 e. The molecular weight excluding hydrogens is 601 g/mol. The van der Waals surface area contributed by atoms with Crippen LogP contribution < -0.4 is 15.9 Å². The van der Waals surface area contributed by atoms with Crippen molar-refractivity contribution in [1.29, 1.82) is 0 Å². The minimum atomic E-state index is -2.97. The largest absolute Gasteiger partial charge is 0.373 e. The number of fused-ring (bicyclic) bond motifs is 6. The van der Waals surface area contributed by atoms with Crippen molar-refractivity contribution in [3.05, 3.63) is 197 Å². The van der Waals surface area contributed by atoms with Gasteiger partial charge in [-0.05, 0) is 57.2 Å². The van der Waals surface area contributed by atoms with Gasteiger partial charge in [-0.15, -0.1) is 0 Å². The summed E-state index contributed by atoms with van der Waals surface area (Å²) in [6, 6.07) is 49.2. The van der Waals surface area contributed by atoms with Crippen LogP contribution in [-0.2, 0) is 4.57 Å². The van der Waals surface area contributed by atoms with Crippen molar-refractivity contribution < 1.29 is 4.57 Å². The Morgan fingerprint density at radius 3 is 2.06 bits per heavy atom. The lowest BCUT2D eigenvalue weighted by Crippen LogP contribution is -2.22. The average Bonchev–Trinajstić information content (AvgIpc) is 3.17. The monoisotopic (exact) mass is 635 g/mol. The molecule has 0 aromatic heterocycles. The summed E-state index contributed by atoms with van der Waals surface area (Å²) in [5.41, 5.74) is 11.0. The highest BCUT2D eigenvalue weighted by atomic mass is 31.2. The smallest absolute Gasteiger partial charge is 0.170 e. The summed E-state index contributed by atoms with van der Waals surface area (Å²) in [5, 5.41) is 9.10. The van der Waals surface area contributed by atoms with Crippen molar-refractivity contribution in [1.82, 2.24) is 0 Å². The molecule has 0 saturated heterocycles. The lowest BCUT2D eigenvalue weighted by atomic mass is 9.78. The van der Waals surface area contributed by atoms with Crippen LogP contribution in [0.2, 0.25) is 0 Å². The van der Waals surface area contributed by atoms with Gasteiger partial charge >= 0.3 is 0 Å². The molecule has 0 bridgehead atoms. The molecule has 1 heterocycles. The van der Waals surface area contributed by atoms with Crippen molar-refractivity contribution in [2.24, 2.45) is 0 Å². The fourth-order valence-corrected chi connectivity index (χ4v) is 10.4. The molecule has 2 nitrogen and oxygen atoms in total. The van der Waals surface area contributed by atoms with Gasteiger partial charge in [-0.1, -0.05) is 170 Å². The first-order valence-electron chi connectivity index (χ1n) is 16.7. The zero-order chi connectivity index (χ0) is 32.1. The molecule has 2 unspecified atom stereocenters. The predicted octanol–water partition coefficient (Wildman–Crippen LogP) is 11.1. The second-order valence-corrected chi connectivity index (χ2v) is 15.5. The number of anilines is 1. The molecule has 2 aliphatic carbocycles. The van der Waals surface area contributed by atoms with E-state index in [0.717, 1.165) is 39.9 Å². The van der Waals surface area contributed by atoms with Gasteiger partial charge < -0.3 is 9.88 Å². The molecule has 0 spiro atoms. The van der Waals surface area contributed by atoms with Crippen LogP contribution in [-0.4, -0.2) is 0 Å². The third kappa shape index (κ3) is 4.67. The quantitative estimate of drug-likeness (QED) is 0.191. The summed E-state index contributed by atoms with van der Waals surface area (Å²) in [6.45, 7) is 0. The standard InChI is InChI=1S/C45H34NOP/c47-48(36-13-3-1-4-14-36,37-15-5-2-6-16-37)38-27-23-32(24-28-38)31-19-21-35(22-20-31)43-41-29-25-33-11-7-9-17-39(33)44(41)46-45-40-18-10-8-12-34(40)26-30-42(43)45/h1,3-5,7-30,44,46H,2,6H2. The summed E-state index contributed by atoms with van der Waals surface area (Å²) in [4.78, 5) is 0. The minimum Gasteiger partial charge on any atom is -0.373 e. The third-order valence-electron chi connectivity index (χ3n) is 10.0. The number of benzene rings is 6. The fourth-order valence-electron chi connectivity index (χ4n) is 7.62. The molecule has 0 radical (unpaired) electrons. The first kappa shape index (κ1) is 28.8. The van der Waals surface area contributed by atoms with E-state index in [1.807, 2.05) is 30.3 Å². The van der Waals surface area contributed by atoms with Crippen LogP contribution in [0.5, 0.6) is 0 Å². The van der Waals surface area contributed by atoms with Gasteiger partial charge in [0, 0.05) is 26.9 Å². The zero-order valence-electron chi connectivity index (χ0n) is 26.5. The molecule has 6 aromatic carbocycles. The second kappa shape index (κ2) is 11.7. The highest BCUT2D eigenvalue weighted by Gasteiger charge is 2.32. The second-order valence-electron chi connectivity index (χ2n) is 12.8. The van der Waals surface area contributed by atoms with Gasteiger partial charge in [0.25, 0.3) is 0 Å². The number of hydrogen-bond donors (Lipinski definition) is 1. The van der Waals surface area contributed by atoms with Crippen LogP contribution in [0.4, 0.5) is 5.69 Å². The molecule has 1 N–H and O–H groups in total. The molecule has 9 rings (SSSR count). The Labute approximate surface area is 281 Å². The normalized spacial score (nSPS) is 17.5. The van der Waals surface area contributed by atoms with Crippen LogP contribution in [0.25, 0.3) is 33.5 Å². The molecule has 230 valence electrons. The van der Waals surface area contributed by atoms with Gasteiger partial charge in [-0.3, -0.25) is 0 Å². The average molecular weight is 636 g/mol. The van der Waals surface area contributed by atoms with Gasteiger partial charge in [0.2, 0.25) is 0 Å². The maximum absolute atomic E-state index is 14.9. The van der Waals surface area contributed by atoms with Crippen molar-refractivity contribution in [2.45, 2.75) is 18.9 Å². The van der Waals surface area contributed by atoms with E-state index in [1.165, 1.54) is 49.9 Å².